The van der Waals surface area contributed by atoms with E-state index in [4.69, 9.17) is 0 Å². The van der Waals surface area contributed by atoms with Gasteiger partial charge in [0, 0.05) is 12.6 Å². The minimum Gasteiger partial charge on any atom is -0.393 e. The molecular weight excluding hydrogens is 210 g/mol. The minimum absolute atomic E-state index is 0.184. The highest BCUT2D eigenvalue weighted by atomic mass is 16.3. The van der Waals surface area contributed by atoms with Crippen molar-refractivity contribution in [1.29, 1.82) is 0 Å². The lowest BCUT2D eigenvalue weighted by molar-refractivity contribution is 0.0818. The molecule has 0 amide bonds. The smallest absolute Gasteiger partial charge is 0.0527 e. The summed E-state index contributed by atoms with van der Waals surface area (Å²) in [5.41, 5.74) is 1.38. The molecule has 0 aromatic heterocycles. The van der Waals surface area contributed by atoms with E-state index in [2.05, 4.69) is 35.2 Å². The van der Waals surface area contributed by atoms with Crippen LogP contribution in [-0.2, 0) is 6.54 Å². The average molecular weight is 233 g/mol. The zero-order valence-corrected chi connectivity index (χ0v) is 10.7. The van der Waals surface area contributed by atoms with Crippen LogP contribution in [0.1, 0.15) is 38.2 Å². The number of likely N-dealkylation sites (tertiary alicyclic amines) is 1. The summed E-state index contributed by atoms with van der Waals surface area (Å²) >= 11 is 0. The summed E-state index contributed by atoms with van der Waals surface area (Å²) < 4.78 is 0. The van der Waals surface area contributed by atoms with Crippen LogP contribution in [0.15, 0.2) is 30.3 Å². The van der Waals surface area contributed by atoms with Crippen molar-refractivity contribution >= 4 is 0 Å². The van der Waals surface area contributed by atoms with E-state index in [-0.39, 0.29) is 6.10 Å². The average Bonchev–Trinajstić information content (AvgIpc) is 2.32. The lowest BCUT2D eigenvalue weighted by Crippen LogP contribution is -2.40. The highest BCUT2D eigenvalue weighted by molar-refractivity contribution is 5.14. The van der Waals surface area contributed by atoms with Crippen LogP contribution in [0.5, 0.6) is 0 Å². The van der Waals surface area contributed by atoms with Crippen molar-refractivity contribution in [2.75, 3.05) is 6.54 Å². The third-order valence-electron chi connectivity index (χ3n) is 3.59. The van der Waals surface area contributed by atoms with E-state index in [1.54, 1.807) is 0 Å². The Hall–Kier alpha value is -0.860. The molecule has 1 aliphatic heterocycles. The van der Waals surface area contributed by atoms with Crippen LogP contribution < -0.4 is 0 Å². The Morgan fingerprint density at radius 1 is 1.29 bits per heavy atom. The molecule has 1 heterocycles. The molecule has 2 rings (SSSR count). The molecule has 1 fully saturated rings. The number of rotatable bonds is 4. The molecule has 2 nitrogen and oxygen atoms in total. The molecule has 1 saturated heterocycles. The van der Waals surface area contributed by atoms with Crippen LogP contribution in [-0.4, -0.2) is 28.7 Å². The maximum Gasteiger partial charge on any atom is 0.0527 e. The number of benzene rings is 1. The lowest BCUT2D eigenvalue weighted by Gasteiger charge is -2.36. The van der Waals surface area contributed by atoms with Gasteiger partial charge in [0.25, 0.3) is 0 Å². The second-order valence-corrected chi connectivity index (χ2v) is 5.19. The first-order valence-electron chi connectivity index (χ1n) is 6.72. The monoisotopic (exact) mass is 233 g/mol. The van der Waals surface area contributed by atoms with Crippen LogP contribution in [0.4, 0.5) is 0 Å². The first-order valence-corrected chi connectivity index (χ1v) is 6.72. The SMILES string of the molecule is CC(O)CC1CCCCN1Cc1ccccc1. The first kappa shape index (κ1) is 12.6. The Morgan fingerprint density at radius 2 is 2.06 bits per heavy atom. The molecule has 0 saturated carbocycles. The van der Waals surface area contributed by atoms with Crippen molar-refractivity contribution in [3.05, 3.63) is 35.9 Å². The number of piperidine rings is 1. The molecule has 2 unspecified atom stereocenters. The number of aliphatic hydroxyl groups is 1. The molecule has 0 bridgehead atoms. The van der Waals surface area contributed by atoms with Gasteiger partial charge in [0.15, 0.2) is 0 Å². The summed E-state index contributed by atoms with van der Waals surface area (Å²) in [7, 11) is 0. The fourth-order valence-corrected chi connectivity index (χ4v) is 2.75. The number of aliphatic hydroxyl groups excluding tert-OH is 1. The van der Waals surface area contributed by atoms with Gasteiger partial charge in [-0.2, -0.15) is 0 Å². The van der Waals surface area contributed by atoms with Gasteiger partial charge in [0.1, 0.15) is 0 Å². The summed E-state index contributed by atoms with van der Waals surface area (Å²) in [6.45, 7) is 4.10. The Kier molecular flexibility index (Phi) is 4.57. The molecule has 1 N–H and O–H groups in total. The fourth-order valence-electron chi connectivity index (χ4n) is 2.75. The third-order valence-corrected chi connectivity index (χ3v) is 3.59. The maximum absolute atomic E-state index is 9.56. The van der Waals surface area contributed by atoms with Crippen molar-refractivity contribution < 1.29 is 5.11 Å². The van der Waals surface area contributed by atoms with Gasteiger partial charge in [-0.05, 0) is 38.3 Å². The van der Waals surface area contributed by atoms with Crippen LogP contribution in [0.2, 0.25) is 0 Å². The van der Waals surface area contributed by atoms with Crippen molar-refractivity contribution in [3.8, 4) is 0 Å². The largest absolute Gasteiger partial charge is 0.393 e. The summed E-state index contributed by atoms with van der Waals surface area (Å²) in [5, 5.41) is 9.56. The third kappa shape index (κ3) is 3.83. The van der Waals surface area contributed by atoms with E-state index in [0.29, 0.717) is 6.04 Å². The molecule has 1 aliphatic rings. The minimum atomic E-state index is -0.184. The Balaban J connectivity index is 1.96. The zero-order valence-electron chi connectivity index (χ0n) is 10.7. The molecule has 17 heavy (non-hydrogen) atoms. The highest BCUT2D eigenvalue weighted by Gasteiger charge is 2.23. The van der Waals surface area contributed by atoms with Crippen LogP contribution in [0.25, 0.3) is 0 Å². The highest BCUT2D eigenvalue weighted by Crippen LogP contribution is 2.22. The summed E-state index contributed by atoms with van der Waals surface area (Å²) in [4.78, 5) is 2.53. The summed E-state index contributed by atoms with van der Waals surface area (Å²) in [6.07, 6.45) is 4.56. The molecule has 2 heteroatoms. The molecule has 0 aliphatic carbocycles. The quantitative estimate of drug-likeness (QED) is 0.864. The molecule has 94 valence electrons. The summed E-state index contributed by atoms with van der Waals surface area (Å²) in [6, 6.07) is 11.2. The van der Waals surface area contributed by atoms with Crippen LogP contribution in [0, 0.1) is 0 Å². The van der Waals surface area contributed by atoms with Crippen molar-refractivity contribution in [2.24, 2.45) is 0 Å². The lowest BCUT2D eigenvalue weighted by atomic mass is 9.96. The van der Waals surface area contributed by atoms with Gasteiger partial charge in [0.2, 0.25) is 0 Å². The molecule has 2 atom stereocenters. The van der Waals surface area contributed by atoms with Gasteiger partial charge < -0.3 is 5.11 Å². The standard InChI is InChI=1S/C15H23NO/c1-13(17)11-15-9-5-6-10-16(15)12-14-7-3-2-4-8-14/h2-4,7-8,13,15,17H,5-6,9-12H2,1H3. The van der Waals surface area contributed by atoms with Crippen LogP contribution in [0.3, 0.4) is 0 Å². The molecule has 1 aromatic carbocycles. The fraction of sp³-hybridized carbons (Fsp3) is 0.600. The maximum atomic E-state index is 9.56. The van der Waals surface area contributed by atoms with E-state index in [0.717, 1.165) is 13.0 Å². The van der Waals surface area contributed by atoms with E-state index in [9.17, 15) is 5.11 Å². The first-order chi connectivity index (χ1) is 8.25. The Bertz CT molecular complexity index is 323. The molecule has 1 aromatic rings. The second-order valence-electron chi connectivity index (χ2n) is 5.19. The van der Waals surface area contributed by atoms with Gasteiger partial charge in [-0.3, -0.25) is 4.90 Å². The Labute approximate surface area is 104 Å². The van der Waals surface area contributed by atoms with Gasteiger partial charge in [-0.1, -0.05) is 36.8 Å². The van der Waals surface area contributed by atoms with Gasteiger partial charge in [0.05, 0.1) is 6.10 Å². The van der Waals surface area contributed by atoms with E-state index < -0.39 is 0 Å². The topological polar surface area (TPSA) is 23.5 Å². The number of hydrogen-bond acceptors (Lipinski definition) is 2. The Morgan fingerprint density at radius 3 is 2.76 bits per heavy atom. The zero-order chi connectivity index (χ0) is 12.1. The molecular formula is C15H23NO. The summed E-state index contributed by atoms with van der Waals surface area (Å²) in [5.74, 6) is 0. The molecule has 0 radical (unpaired) electrons. The van der Waals surface area contributed by atoms with Crippen molar-refractivity contribution in [3.63, 3.8) is 0 Å². The number of hydrogen-bond donors (Lipinski definition) is 1. The normalized spacial score (nSPS) is 23.5. The second kappa shape index (κ2) is 6.18. The predicted molar refractivity (Wildman–Crippen MR) is 70.8 cm³/mol. The van der Waals surface area contributed by atoms with E-state index in [1.807, 2.05) is 6.92 Å². The molecule has 0 spiro atoms. The number of nitrogens with zero attached hydrogens (tertiary/aromatic N) is 1. The van der Waals surface area contributed by atoms with Gasteiger partial charge in [-0.25, -0.2) is 0 Å². The van der Waals surface area contributed by atoms with Crippen molar-refractivity contribution in [1.82, 2.24) is 4.90 Å². The van der Waals surface area contributed by atoms with Gasteiger partial charge in [-0.15, -0.1) is 0 Å². The predicted octanol–water partition coefficient (Wildman–Crippen LogP) is 2.81. The van der Waals surface area contributed by atoms with Gasteiger partial charge >= 0.3 is 0 Å². The van der Waals surface area contributed by atoms with E-state index >= 15 is 0 Å². The van der Waals surface area contributed by atoms with Crippen molar-refractivity contribution in [2.45, 2.75) is 51.3 Å². The van der Waals surface area contributed by atoms with E-state index in [1.165, 1.54) is 31.4 Å². The van der Waals surface area contributed by atoms with Crippen LogP contribution >= 0.6 is 0 Å².